The summed E-state index contributed by atoms with van der Waals surface area (Å²) in [6.45, 7) is 8.29. The molecule has 1 aromatic rings. The van der Waals surface area contributed by atoms with Crippen LogP contribution in [0.2, 0.25) is 0 Å². The van der Waals surface area contributed by atoms with Gasteiger partial charge in [0.15, 0.2) is 0 Å². The smallest absolute Gasteiger partial charge is 0.0362 e. The van der Waals surface area contributed by atoms with Gasteiger partial charge in [0.2, 0.25) is 0 Å². The molecule has 0 aliphatic carbocycles. The van der Waals surface area contributed by atoms with Crippen LogP contribution in [0.3, 0.4) is 0 Å². The third-order valence-corrected chi connectivity index (χ3v) is 4.56. The molecular weight excluding hydrogens is 246 g/mol. The highest BCUT2D eigenvalue weighted by molar-refractivity contribution is 5.54. The molecule has 0 radical (unpaired) electrons. The summed E-state index contributed by atoms with van der Waals surface area (Å²) in [7, 11) is 4.15. The van der Waals surface area contributed by atoms with Gasteiger partial charge in [0.25, 0.3) is 0 Å². The zero-order chi connectivity index (χ0) is 14.5. The van der Waals surface area contributed by atoms with E-state index in [2.05, 4.69) is 67.3 Å². The molecule has 1 heterocycles. The van der Waals surface area contributed by atoms with Crippen LogP contribution >= 0.6 is 0 Å². The minimum atomic E-state index is 0.555. The van der Waals surface area contributed by atoms with Crippen molar-refractivity contribution in [3.63, 3.8) is 0 Å². The standard InChI is InChI=1S/C17H29N3/c1-5-20-12-10-15(11-13-20)14(2)18-16-6-8-17(9-7-16)19(3)4/h6-9,14-15,18H,5,10-13H2,1-4H3. The summed E-state index contributed by atoms with van der Waals surface area (Å²) in [6.07, 6.45) is 2.63. The van der Waals surface area contributed by atoms with Crippen molar-refractivity contribution in [2.45, 2.75) is 32.7 Å². The average Bonchev–Trinajstić information content (AvgIpc) is 2.48. The molecule has 3 nitrogen and oxygen atoms in total. The largest absolute Gasteiger partial charge is 0.382 e. The maximum atomic E-state index is 3.67. The number of piperidine rings is 1. The van der Waals surface area contributed by atoms with Crippen LogP contribution in [-0.2, 0) is 0 Å². The molecule has 1 N–H and O–H groups in total. The van der Waals surface area contributed by atoms with E-state index in [0.29, 0.717) is 6.04 Å². The molecule has 1 aliphatic rings. The summed E-state index contributed by atoms with van der Waals surface area (Å²) in [5.41, 5.74) is 2.49. The van der Waals surface area contributed by atoms with Crippen molar-refractivity contribution in [3.8, 4) is 0 Å². The minimum Gasteiger partial charge on any atom is -0.382 e. The summed E-state index contributed by atoms with van der Waals surface area (Å²) in [4.78, 5) is 4.68. The zero-order valence-electron chi connectivity index (χ0n) is 13.4. The van der Waals surface area contributed by atoms with Crippen LogP contribution in [0.5, 0.6) is 0 Å². The minimum absolute atomic E-state index is 0.555. The Morgan fingerprint density at radius 2 is 1.80 bits per heavy atom. The van der Waals surface area contributed by atoms with E-state index in [1.54, 1.807) is 0 Å². The number of hydrogen-bond donors (Lipinski definition) is 1. The lowest BCUT2D eigenvalue weighted by Gasteiger charge is -2.34. The Hall–Kier alpha value is -1.22. The number of benzene rings is 1. The maximum Gasteiger partial charge on any atom is 0.0362 e. The molecule has 1 aliphatic heterocycles. The Kier molecular flexibility index (Phi) is 5.30. The van der Waals surface area contributed by atoms with E-state index >= 15 is 0 Å². The summed E-state index contributed by atoms with van der Waals surface area (Å²) < 4.78 is 0. The molecule has 3 heteroatoms. The van der Waals surface area contributed by atoms with Crippen molar-refractivity contribution in [1.29, 1.82) is 0 Å². The third-order valence-electron chi connectivity index (χ3n) is 4.56. The van der Waals surface area contributed by atoms with Crippen LogP contribution in [0.4, 0.5) is 11.4 Å². The lowest BCUT2D eigenvalue weighted by atomic mass is 9.90. The van der Waals surface area contributed by atoms with Crippen molar-refractivity contribution in [2.24, 2.45) is 5.92 Å². The van der Waals surface area contributed by atoms with Crippen LogP contribution < -0.4 is 10.2 Å². The van der Waals surface area contributed by atoms with Crippen LogP contribution in [0, 0.1) is 5.92 Å². The first-order chi connectivity index (χ1) is 9.60. The number of likely N-dealkylation sites (tertiary alicyclic amines) is 1. The van der Waals surface area contributed by atoms with Crippen molar-refractivity contribution >= 4 is 11.4 Å². The second-order valence-electron chi connectivity index (χ2n) is 6.15. The second kappa shape index (κ2) is 6.98. The van der Waals surface area contributed by atoms with E-state index in [4.69, 9.17) is 0 Å². The number of anilines is 2. The van der Waals surface area contributed by atoms with Crippen molar-refractivity contribution < 1.29 is 0 Å². The lowest BCUT2D eigenvalue weighted by Crippen LogP contribution is -2.39. The topological polar surface area (TPSA) is 18.5 Å². The molecular formula is C17H29N3. The lowest BCUT2D eigenvalue weighted by molar-refractivity contribution is 0.183. The molecule has 1 unspecified atom stereocenters. The molecule has 0 spiro atoms. The third kappa shape index (κ3) is 3.89. The summed E-state index contributed by atoms with van der Waals surface area (Å²) in [6, 6.07) is 9.28. The number of nitrogens with zero attached hydrogens (tertiary/aromatic N) is 2. The van der Waals surface area contributed by atoms with E-state index < -0.39 is 0 Å². The highest BCUT2D eigenvalue weighted by Gasteiger charge is 2.22. The normalized spacial score (nSPS) is 18.8. The molecule has 2 rings (SSSR count). The van der Waals surface area contributed by atoms with E-state index in [-0.39, 0.29) is 0 Å². The van der Waals surface area contributed by atoms with Gasteiger partial charge in [-0.2, -0.15) is 0 Å². The molecule has 0 saturated carbocycles. The highest BCUT2D eigenvalue weighted by atomic mass is 15.1. The fourth-order valence-corrected chi connectivity index (χ4v) is 3.01. The molecule has 0 aromatic heterocycles. The van der Waals surface area contributed by atoms with E-state index in [0.717, 1.165) is 5.92 Å². The highest BCUT2D eigenvalue weighted by Crippen LogP contribution is 2.24. The first-order valence-corrected chi connectivity index (χ1v) is 7.86. The van der Waals surface area contributed by atoms with Crippen molar-refractivity contribution in [3.05, 3.63) is 24.3 Å². The number of rotatable bonds is 5. The monoisotopic (exact) mass is 275 g/mol. The van der Waals surface area contributed by atoms with Crippen LogP contribution in [0.15, 0.2) is 24.3 Å². The van der Waals surface area contributed by atoms with Gasteiger partial charge >= 0.3 is 0 Å². The van der Waals surface area contributed by atoms with Gasteiger partial charge in [-0.25, -0.2) is 0 Å². The Balaban J connectivity index is 1.86. The van der Waals surface area contributed by atoms with Gasteiger partial charge in [0.05, 0.1) is 0 Å². The number of hydrogen-bond acceptors (Lipinski definition) is 3. The van der Waals surface area contributed by atoms with Gasteiger partial charge in [0, 0.05) is 31.5 Å². The molecule has 0 bridgehead atoms. The Morgan fingerprint density at radius 3 is 2.30 bits per heavy atom. The fourth-order valence-electron chi connectivity index (χ4n) is 3.01. The molecule has 1 saturated heterocycles. The zero-order valence-corrected chi connectivity index (χ0v) is 13.4. The van der Waals surface area contributed by atoms with E-state index in [1.165, 1.54) is 43.9 Å². The van der Waals surface area contributed by atoms with E-state index in [9.17, 15) is 0 Å². The predicted octanol–water partition coefficient (Wildman–Crippen LogP) is 3.28. The quantitative estimate of drug-likeness (QED) is 0.889. The molecule has 1 fully saturated rings. The Morgan fingerprint density at radius 1 is 1.20 bits per heavy atom. The number of nitrogens with one attached hydrogen (secondary N) is 1. The van der Waals surface area contributed by atoms with E-state index in [1.807, 2.05) is 0 Å². The first kappa shape index (κ1) is 15.2. The predicted molar refractivity (Wildman–Crippen MR) is 88.7 cm³/mol. The summed E-state index contributed by atoms with van der Waals surface area (Å²) >= 11 is 0. The molecule has 20 heavy (non-hydrogen) atoms. The second-order valence-corrected chi connectivity index (χ2v) is 6.15. The first-order valence-electron chi connectivity index (χ1n) is 7.86. The fraction of sp³-hybridized carbons (Fsp3) is 0.647. The van der Waals surface area contributed by atoms with Crippen molar-refractivity contribution in [2.75, 3.05) is 43.9 Å². The van der Waals surface area contributed by atoms with Crippen molar-refractivity contribution in [1.82, 2.24) is 4.90 Å². The molecule has 112 valence electrons. The average molecular weight is 275 g/mol. The van der Waals surface area contributed by atoms with Gasteiger partial charge in [-0.3, -0.25) is 0 Å². The SMILES string of the molecule is CCN1CCC(C(C)Nc2ccc(N(C)C)cc2)CC1. The molecule has 1 atom stereocenters. The van der Waals surface area contributed by atoms with Gasteiger partial charge in [-0.1, -0.05) is 6.92 Å². The van der Waals surface area contributed by atoms with Gasteiger partial charge in [-0.05, 0) is 69.6 Å². The van der Waals surface area contributed by atoms with Gasteiger partial charge in [0.1, 0.15) is 0 Å². The van der Waals surface area contributed by atoms with Crippen LogP contribution in [0.1, 0.15) is 26.7 Å². The maximum absolute atomic E-state index is 3.67. The van der Waals surface area contributed by atoms with Crippen LogP contribution in [0.25, 0.3) is 0 Å². The molecule has 1 aromatic carbocycles. The van der Waals surface area contributed by atoms with Gasteiger partial charge in [-0.15, -0.1) is 0 Å². The Bertz CT molecular complexity index is 391. The summed E-state index contributed by atoms with van der Waals surface area (Å²) in [5, 5.41) is 3.67. The van der Waals surface area contributed by atoms with Crippen LogP contribution in [-0.4, -0.2) is 44.7 Å². The summed E-state index contributed by atoms with van der Waals surface area (Å²) in [5.74, 6) is 0.798. The Labute approximate surface area is 124 Å². The molecule has 0 amide bonds. The van der Waals surface area contributed by atoms with Gasteiger partial charge < -0.3 is 15.1 Å².